The summed E-state index contributed by atoms with van der Waals surface area (Å²) in [6.45, 7) is 1.50. The van der Waals surface area contributed by atoms with Gasteiger partial charge in [-0.25, -0.2) is 0 Å². The predicted octanol–water partition coefficient (Wildman–Crippen LogP) is -1.25. The van der Waals surface area contributed by atoms with Crippen molar-refractivity contribution < 1.29 is 39.3 Å². The molecule has 5 nitrogen and oxygen atoms in total. The normalized spacial score (nSPS) is 9.33. The fourth-order valence-corrected chi connectivity index (χ4v) is 0.608. The molecule has 0 rings (SSSR count). The maximum atomic E-state index is 10.4. The average molecular weight is 229 g/mol. The van der Waals surface area contributed by atoms with E-state index in [0.717, 1.165) is 0 Å². The van der Waals surface area contributed by atoms with Crippen LogP contribution in [0.5, 0.6) is 0 Å². The van der Waals surface area contributed by atoms with Crippen LogP contribution in [0.15, 0.2) is 0 Å². The quantitative estimate of drug-likeness (QED) is 0.455. The van der Waals surface area contributed by atoms with Crippen molar-refractivity contribution in [1.82, 2.24) is 5.06 Å². The van der Waals surface area contributed by atoms with Crippen LogP contribution >= 0.6 is 0 Å². The van der Waals surface area contributed by atoms with Crippen LogP contribution in [0.3, 0.4) is 0 Å². The number of carbonyl (C=O) groups excluding carboxylic acids is 1. The van der Waals surface area contributed by atoms with Gasteiger partial charge >= 0.3 is 5.97 Å². The summed E-state index contributed by atoms with van der Waals surface area (Å²) in [5.74, 6) is -0.452. The smallest absolute Gasteiger partial charge is 0.322 e. The molecule has 0 aromatic carbocycles. The predicted molar refractivity (Wildman–Crippen MR) is 37.5 cm³/mol. The molecule has 0 aliphatic carbocycles. The molecule has 2 N–H and O–H groups in total. The number of aliphatic hydroxyl groups excluding tert-OH is 2. The third-order valence-electron chi connectivity index (χ3n) is 0.956. The molecule has 68 valence electrons. The minimum absolute atomic E-state index is 0. The van der Waals surface area contributed by atoms with Gasteiger partial charge in [0.05, 0.1) is 26.3 Å². The van der Waals surface area contributed by atoms with Crippen molar-refractivity contribution >= 4 is 5.97 Å². The number of carbonyl (C=O) groups is 1. The molecular weight excluding hydrogens is 215 g/mol. The molecule has 6 heteroatoms. The molecule has 0 aromatic rings. The molecule has 0 saturated heterocycles. The van der Waals surface area contributed by atoms with E-state index in [4.69, 9.17) is 10.2 Å². The first kappa shape index (κ1) is 14.5. The first-order chi connectivity index (χ1) is 5.20. The van der Waals surface area contributed by atoms with Gasteiger partial charge < -0.3 is 15.1 Å². The average Bonchev–Trinajstić information content (AvgIpc) is 1.87. The van der Waals surface area contributed by atoms with Gasteiger partial charge in [-0.2, -0.15) is 0 Å². The van der Waals surface area contributed by atoms with Crippen molar-refractivity contribution in [2.75, 3.05) is 26.3 Å². The van der Waals surface area contributed by atoms with Crippen LogP contribution in [-0.2, 0) is 29.1 Å². The Hall–Kier alpha value is -0.0266. The molecule has 0 bridgehead atoms. The second kappa shape index (κ2) is 9.06. The van der Waals surface area contributed by atoms with Gasteiger partial charge in [0.25, 0.3) is 0 Å². The fraction of sp³-hybridized carbons (Fsp3) is 0.833. The van der Waals surface area contributed by atoms with Gasteiger partial charge in [0.1, 0.15) is 0 Å². The van der Waals surface area contributed by atoms with E-state index in [1.54, 1.807) is 0 Å². The van der Waals surface area contributed by atoms with Crippen LogP contribution in [0.2, 0.25) is 0 Å². The Bertz CT molecular complexity index is 116. The van der Waals surface area contributed by atoms with E-state index >= 15 is 0 Å². The van der Waals surface area contributed by atoms with Crippen molar-refractivity contribution in [3.8, 4) is 0 Å². The fourth-order valence-electron chi connectivity index (χ4n) is 0.608. The van der Waals surface area contributed by atoms with Gasteiger partial charge in [0.2, 0.25) is 0 Å². The van der Waals surface area contributed by atoms with Crippen molar-refractivity contribution in [1.29, 1.82) is 0 Å². The van der Waals surface area contributed by atoms with E-state index in [1.807, 2.05) is 0 Å². The molecule has 0 spiro atoms. The zero-order valence-electron chi connectivity index (χ0n) is 7.19. The number of aliphatic hydroxyl groups is 2. The molecule has 0 aromatic heterocycles. The first-order valence-electron chi connectivity index (χ1n) is 3.36. The SMILES string of the molecule is CC(=O)ON(CCO)CCO.[Zn]. The maximum Gasteiger partial charge on any atom is 0.322 e. The summed E-state index contributed by atoms with van der Waals surface area (Å²) in [5.41, 5.74) is 0. The van der Waals surface area contributed by atoms with E-state index in [2.05, 4.69) is 4.84 Å². The van der Waals surface area contributed by atoms with Gasteiger partial charge in [-0.1, -0.05) is 0 Å². The van der Waals surface area contributed by atoms with E-state index in [1.165, 1.54) is 12.0 Å². The third-order valence-corrected chi connectivity index (χ3v) is 0.956. The molecule has 12 heavy (non-hydrogen) atoms. The van der Waals surface area contributed by atoms with Gasteiger partial charge in [-0.15, -0.1) is 5.06 Å². The van der Waals surface area contributed by atoms with E-state index in [-0.39, 0.29) is 45.8 Å². The Morgan fingerprint density at radius 2 is 1.75 bits per heavy atom. The van der Waals surface area contributed by atoms with Gasteiger partial charge in [0.15, 0.2) is 0 Å². The van der Waals surface area contributed by atoms with Crippen molar-refractivity contribution in [2.24, 2.45) is 0 Å². The van der Waals surface area contributed by atoms with Crippen LogP contribution < -0.4 is 0 Å². The van der Waals surface area contributed by atoms with E-state index < -0.39 is 5.97 Å². The summed E-state index contributed by atoms with van der Waals surface area (Å²) in [7, 11) is 0. The second-order valence-electron chi connectivity index (χ2n) is 1.96. The monoisotopic (exact) mass is 227 g/mol. The molecule has 0 aliphatic heterocycles. The van der Waals surface area contributed by atoms with Crippen molar-refractivity contribution in [2.45, 2.75) is 6.92 Å². The Morgan fingerprint density at radius 3 is 2.00 bits per heavy atom. The van der Waals surface area contributed by atoms with Crippen LogP contribution in [0.4, 0.5) is 0 Å². The summed E-state index contributed by atoms with van der Waals surface area (Å²) < 4.78 is 0. The van der Waals surface area contributed by atoms with Crippen LogP contribution in [-0.4, -0.2) is 47.5 Å². The Morgan fingerprint density at radius 1 is 1.33 bits per heavy atom. The minimum atomic E-state index is -0.452. The third kappa shape index (κ3) is 8.07. The van der Waals surface area contributed by atoms with Crippen molar-refractivity contribution in [3.05, 3.63) is 0 Å². The Labute approximate surface area is 84.0 Å². The molecule has 0 saturated carbocycles. The zero-order valence-corrected chi connectivity index (χ0v) is 10.2. The molecule has 0 unspecified atom stereocenters. The van der Waals surface area contributed by atoms with Crippen LogP contribution in [0.25, 0.3) is 0 Å². The summed E-state index contributed by atoms with van der Waals surface area (Å²) in [6, 6.07) is 0. The van der Waals surface area contributed by atoms with E-state index in [0.29, 0.717) is 0 Å². The number of hydroxylamine groups is 2. The van der Waals surface area contributed by atoms with Crippen molar-refractivity contribution in [3.63, 3.8) is 0 Å². The minimum Gasteiger partial charge on any atom is -0.395 e. The number of rotatable bonds is 5. The molecule has 0 heterocycles. The van der Waals surface area contributed by atoms with Crippen LogP contribution in [0.1, 0.15) is 6.92 Å². The molecule has 0 fully saturated rings. The number of hydrogen-bond acceptors (Lipinski definition) is 5. The zero-order chi connectivity index (χ0) is 8.69. The molecule has 0 atom stereocenters. The topological polar surface area (TPSA) is 70.0 Å². The molecule has 0 radical (unpaired) electrons. The van der Waals surface area contributed by atoms with E-state index in [9.17, 15) is 4.79 Å². The largest absolute Gasteiger partial charge is 0.395 e. The first-order valence-corrected chi connectivity index (χ1v) is 3.36. The maximum absolute atomic E-state index is 10.4. The summed E-state index contributed by atoms with van der Waals surface area (Å²) in [6.07, 6.45) is 0. The summed E-state index contributed by atoms with van der Waals surface area (Å²) in [4.78, 5) is 15.0. The molecular formula is C6H13NO4Zn. The summed E-state index contributed by atoms with van der Waals surface area (Å²) in [5, 5.41) is 18.1. The standard InChI is InChI=1S/C6H13NO4.Zn/c1-6(10)11-7(2-4-8)3-5-9;/h8-9H,2-5H2,1H3;. The number of hydrogen-bond donors (Lipinski definition) is 2. The van der Waals surface area contributed by atoms with Crippen LogP contribution in [0, 0.1) is 0 Å². The second-order valence-corrected chi connectivity index (χ2v) is 1.96. The van der Waals surface area contributed by atoms with Gasteiger partial charge in [-0.05, 0) is 0 Å². The Kier molecular flexibility index (Phi) is 10.9. The number of nitrogens with zero attached hydrogens (tertiary/aromatic N) is 1. The van der Waals surface area contributed by atoms with Gasteiger partial charge in [-0.3, -0.25) is 4.79 Å². The molecule has 0 aliphatic rings. The molecule has 0 amide bonds. The van der Waals surface area contributed by atoms with Gasteiger partial charge in [0, 0.05) is 26.4 Å². The summed E-state index contributed by atoms with van der Waals surface area (Å²) >= 11 is 0. The Balaban J connectivity index is 0.